The lowest BCUT2D eigenvalue weighted by atomic mass is 9.96. The molecule has 10 heteroatoms. The molecule has 33 heavy (non-hydrogen) atoms. The summed E-state index contributed by atoms with van der Waals surface area (Å²) >= 11 is 0. The Labute approximate surface area is 192 Å². The van der Waals surface area contributed by atoms with Crippen LogP contribution in [-0.2, 0) is 14.8 Å². The molecule has 0 aliphatic carbocycles. The summed E-state index contributed by atoms with van der Waals surface area (Å²) in [7, 11) is -2.13. The van der Waals surface area contributed by atoms with Crippen molar-refractivity contribution in [3.05, 3.63) is 60.7 Å². The van der Waals surface area contributed by atoms with Gasteiger partial charge in [0.15, 0.2) is 5.82 Å². The Balaban J connectivity index is 1.34. The maximum atomic E-state index is 12.6. The third-order valence-electron chi connectivity index (χ3n) is 5.67. The topological polar surface area (TPSA) is 128 Å². The van der Waals surface area contributed by atoms with E-state index < -0.39 is 10.0 Å². The first-order valence-electron chi connectivity index (χ1n) is 10.5. The minimum absolute atomic E-state index is 0.00615. The molecule has 0 saturated carbocycles. The molecule has 1 saturated heterocycles. The van der Waals surface area contributed by atoms with Gasteiger partial charge in [-0.15, -0.1) is 10.2 Å². The quantitative estimate of drug-likeness (QED) is 0.570. The smallest absolute Gasteiger partial charge is 0.238 e. The van der Waals surface area contributed by atoms with E-state index in [4.69, 9.17) is 9.88 Å². The zero-order valence-corrected chi connectivity index (χ0v) is 19.0. The van der Waals surface area contributed by atoms with Crippen molar-refractivity contribution in [2.24, 2.45) is 11.1 Å². The number of rotatable bonds is 6. The maximum absolute atomic E-state index is 12.6. The highest BCUT2D eigenvalue weighted by atomic mass is 32.2. The number of hydrogen-bond acceptors (Lipinski definition) is 7. The van der Waals surface area contributed by atoms with Gasteiger partial charge in [-0.2, -0.15) is 0 Å². The van der Waals surface area contributed by atoms with Crippen LogP contribution in [0.3, 0.4) is 0 Å². The Hall–Kier alpha value is -3.50. The van der Waals surface area contributed by atoms with Crippen LogP contribution in [0.2, 0.25) is 0 Å². The number of carbonyl (C=O) groups is 1. The summed E-state index contributed by atoms with van der Waals surface area (Å²) < 4.78 is 28.1. The fourth-order valence-electron chi connectivity index (χ4n) is 3.84. The van der Waals surface area contributed by atoms with Crippen molar-refractivity contribution >= 4 is 27.4 Å². The zero-order valence-electron chi connectivity index (χ0n) is 18.1. The number of benzene rings is 2. The van der Waals surface area contributed by atoms with Crippen molar-refractivity contribution in [2.45, 2.75) is 17.7 Å². The highest BCUT2D eigenvalue weighted by molar-refractivity contribution is 7.89. The van der Waals surface area contributed by atoms with Crippen molar-refractivity contribution in [1.29, 1.82) is 0 Å². The van der Waals surface area contributed by atoms with Gasteiger partial charge in [-0.3, -0.25) is 4.79 Å². The second-order valence-electron chi connectivity index (χ2n) is 7.80. The average molecular weight is 468 g/mol. The predicted octanol–water partition coefficient (Wildman–Crippen LogP) is 2.65. The van der Waals surface area contributed by atoms with E-state index >= 15 is 0 Å². The van der Waals surface area contributed by atoms with Crippen molar-refractivity contribution in [2.75, 3.05) is 30.4 Å². The number of primary sulfonamides is 1. The van der Waals surface area contributed by atoms with Gasteiger partial charge in [-0.1, -0.05) is 12.1 Å². The van der Waals surface area contributed by atoms with Crippen LogP contribution >= 0.6 is 0 Å². The summed E-state index contributed by atoms with van der Waals surface area (Å²) in [5.41, 5.74) is 2.15. The second kappa shape index (κ2) is 9.55. The second-order valence-corrected chi connectivity index (χ2v) is 9.36. The average Bonchev–Trinajstić information content (AvgIpc) is 2.84. The van der Waals surface area contributed by atoms with E-state index in [1.807, 2.05) is 36.4 Å². The van der Waals surface area contributed by atoms with Crippen molar-refractivity contribution in [3.63, 3.8) is 0 Å². The number of hydrogen-bond donors (Lipinski definition) is 2. The fraction of sp³-hybridized carbons (Fsp3) is 0.261. The maximum Gasteiger partial charge on any atom is 0.238 e. The third-order valence-corrected chi connectivity index (χ3v) is 6.60. The van der Waals surface area contributed by atoms with Gasteiger partial charge in [0.05, 0.1) is 17.7 Å². The molecule has 0 radical (unpaired) electrons. The summed E-state index contributed by atoms with van der Waals surface area (Å²) in [6.45, 7) is 1.37. The van der Waals surface area contributed by atoms with Gasteiger partial charge in [0.25, 0.3) is 0 Å². The highest BCUT2D eigenvalue weighted by Gasteiger charge is 2.26. The minimum Gasteiger partial charge on any atom is -0.496 e. The standard InChI is InChI=1S/C23H25N5O4S/c1-32-21-5-3-2-4-19(21)20-10-11-22(27-26-20)28-14-12-16(13-15-28)23(29)25-17-6-8-18(9-7-17)33(24,30)31/h2-11,16H,12-15H2,1H3,(H,25,29)(H2,24,30,31). The van der Waals surface area contributed by atoms with Gasteiger partial charge in [0, 0.05) is 30.3 Å². The monoisotopic (exact) mass is 467 g/mol. The van der Waals surface area contributed by atoms with E-state index in [-0.39, 0.29) is 16.7 Å². The number of ether oxygens (including phenoxy) is 1. The SMILES string of the molecule is COc1ccccc1-c1ccc(N2CCC(C(=O)Nc3ccc(S(N)(=O)=O)cc3)CC2)nn1. The Morgan fingerprint density at radius 3 is 2.33 bits per heavy atom. The molecule has 3 N–H and O–H groups in total. The van der Waals surface area contributed by atoms with Gasteiger partial charge in [0.2, 0.25) is 15.9 Å². The molecule has 3 aromatic rings. The minimum atomic E-state index is -3.76. The molecule has 1 aliphatic rings. The number of nitrogens with zero attached hydrogens (tertiary/aromatic N) is 3. The molecule has 2 aromatic carbocycles. The van der Waals surface area contributed by atoms with Crippen LogP contribution in [0.15, 0.2) is 65.6 Å². The molecule has 0 spiro atoms. The van der Waals surface area contributed by atoms with Crippen LogP contribution in [0.5, 0.6) is 5.75 Å². The Bertz CT molecular complexity index is 1220. The van der Waals surface area contributed by atoms with E-state index in [2.05, 4.69) is 20.4 Å². The van der Waals surface area contributed by atoms with Crippen molar-refractivity contribution in [3.8, 4) is 17.0 Å². The van der Waals surface area contributed by atoms with E-state index in [0.29, 0.717) is 31.6 Å². The molecule has 4 rings (SSSR count). The van der Waals surface area contributed by atoms with Gasteiger partial charge < -0.3 is 15.0 Å². The van der Waals surface area contributed by atoms with Crippen LogP contribution < -0.4 is 20.1 Å². The molecule has 1 aromatic heterocycles. The van der Waals surface area contributed by atoms with Gasteiger partial charge in [-0.05, 0) is 61.4 Å². The number of piperidine rings is 1. The molecule has 1 amide bonds. The Morgan fingerprint density at radius 1 is 1.03 bits per heavy atom. The Morgan fingerprint density at radius 2 is 1.73 bits per heavy atom. The zero-order chi connectivity index (χ0) is 23.4. The number of nitrogens with one attached hydrogen (secondary N) is 1. The third kappa shape index (κ3) is 5.29. The van der Waals surface area contributed by atoms with Crippen LogP contribution in [-0.4, -0.2) is 44.7 Å². The van der Waals surface area contributed by atoms with Crippen molar-refractivity contribution < 1.29 is 17.9 Å². The van der Waals surface area contributed by atoms with Crippen LogP contribution in [0.4, 0.5) is 11.5 Å². The lowest BCUT2D eigenvalue weighted by Gasteiger charge is -2.31. The number of anilines is 2. The molecular formula is C23H25N5O4S. The summed E-state index contributed by atoms with van der Waals surface area (Å²) in [4.78, 5) is 14.8. The number of nitrogens with two attached hydrogens (primary N) is 1. The highest BCUT2D eigenvalue weighted by Crippen LogP contribution is 2.29. The number of aromatic nitrogens is 2. The largest absolute Gasteiger partial charge is 0.496 e. The molecule has 1 fully saturated rings. The lowest BCUT2D eigenvalue weighted by molar-refractivity contribution is -0.120. The van der Waals surface area contributed by atoms with E-state index in [1.54, 1.807) is 7.11 Å². The number of carbonyl (C=O) groups excluding carboxylic acids is 1. The fourth-order valence-corrected chi connectivity index (χ4v) is 4.35. The van der Waals surface area contributed by atoms with Gasteiger partial charge in [0.1, 0.15) is 5.75 Å². The summed E-state index contributed by atoms with van der Waals surface area (Å²) in [5, 5.41) is 16.7. The summed E-state index contributed by atoms with van der Waals surface area (Å²) in [5.74, 6) is 1.28. The van der Waals surface area contributed by atoms with Crippen LogP contribution in [0, 0.1) is 5.92 Å². The number of amides is 1. The molecular weight excluding hydrogens is 442 g/mol. The van der Waals surface area contributed by atoms with Crippen LogP contribution in [0.25, 0.3) is 11.3 Å². The molecule has 0 bridgehead atoms. The van der Waals surface area contributed by atoms with E-state index in [9.17, 15) is 13.2 Å². The number of sulfonamides is 1. The number of para-hydroxylation sites is 1. The number of methoxy groups -OCH3 is 1. The Kier molecular flexibility index (Phi) is 6.57. The van der Waals surface area contributed by atoms with E-state index in [0.717, 1.165) is 22.8 Å². The lowest BCUT2D eigenvalue weighted by Crippen LogP contribution is -2.38. The van der Waals surface area contributed by atoms with Crippen LogP contribution in [0.1, 0.15) is 12.8 Å². The first kappa shape index (κ1) is 22.7. The molecule has 0 unspecified atom stereocenters. The molecule has 2 heterocycles. The first-order chi connectivity index (χ1) is 15.8. The predicted molar refractivity (Wildman–Crippen MR) is 125 cm³/mol. The molecule has 172 valence electrons. The first-order valence-corrected chi connectivity index (χ1v) is 12.1. The normalized spacial score (nSPS) is 14.7. The molecule has 0 atom stereocenters. The molecule has 1 aliphatic heterocycles. The van der Waals surface area contributed by atoms with Gasteiger partial charge in [-0.25, -0.2) is 13.6 Å². The summed E-state index contributed by atoms with van der Waals surface area (Å²) in [6, 6.07) is 17.3. The van der Waals surface area contributed by atoms with E-state index in [1.165, 1.54) is 24.3 Å². The van der Waals surface area contributed by atoms with Crippen molar-refractivity contribution in [1.82, 2.24) is 10.2 Å². The molecule has 9 nitrogen and oxygen atoms in total. The van der Waals surface area contributed by atoms with Gasteiger partial charge >= 0.3 is 0 Å². The summed E-state index contributed by atoms with van der Waals surface area (Å²) in [6.07, 6.45) is 1.36.